The first-order chi connectivity index (χ1) is 8.43. The number of rotatable bonds is 2. The number of hydrogen-bond acceptors (Lipinski definition) is 5. The standard InChI is InChI=1S/C13H20N2O2S/c1-9-8-17-6-5-15(9)12-14-11(13(2,3)4)10(7-16)18-12/h7,9H,5-6,8H2,1-4H3. The van der Waals surface area contributed by atoms with Crippen LogP contribution in [0.25, 0.3) is 0 Å². The molecular weight excluding hydrogens is 248 g/mol. The number of thiazole rings is 1. The summed E-state index contributed by atoms with van der Waals surface area (Å²) in [4.78, 5) is 18.8. The molecule has 1 aromatic heterocycles. The van der Waals surface area contributed by atoms with Crippen LogP contribution in [0.2, 0.25) is 0 Å². The van der Waals surface area contributed by atoms with Gasteiger partial charge in [0.05, 0.1) is 29.8 Å². The van der Waals surface area contributed by atoms with E-state index in [4.69, 9.17) is 4.74 Å². The Labute approximate surface area is 112 Å². The summed E-state index contributed by atoms with van der Waals surface area (Å²) in [6, 6.07) is 0.317. The van der Waals surface area contributed by atoms with Gasteiger partial charge in [-0.05, 0) is 6.92 Å². The second-order valence-corrected chi connectivity index (χ2v) is 6.70. The van der Waals surface area contributed by atoms with E-state index >= 15 is 0 Å². The van der Waals surface area contributed by atoms with Crippen LogP contribution in [-0.2, 0) is 10.2 Å². The lowest BCUT2D eigenvalue weighted by Gasteiger charge is -2.33. The minimum absolute atomic E-state index is 0.0967. The molecule has 0 bridgehead atoms. The first kappa shape index (κ1) is 13.5. The van der Waals surface area contributed by atoms with Gasteiger partial charge in [-0.1, -0.05) is 32.1 Å². The van der Waals surface area contributed by atoms with Crippen molar-refractivity contribution in [3.8, 4) is 0 Å². The Morgan fingerprint density at radius 1 is 1.50 bits per heavy atom. The maximum absolute atomic E-state index is 11.2. The van der Waals surface area contributed by atoms with E-state index in [2.05, 4.69) is 37.6 Å². The molecule has 0 radical (unpaired) electrons. The van der Waals surface area contributed by atoms with Gasteiger partial charge in [0, 0.05) is 12.0 Å². The number of hydrogen-bond donors (Lipinski definition) is 0. The van der Waals surface area contributed by atoms with Gasteiger partial charge in [-0.25, -0.2) is 4.98 Å². The van der Waals surface area contributed by atoms with Gasteiger partial charge in [-0.15, -0.1) is 0 Å². The average Bonchev–Trinajstić information content (AvgIpc) is 2.73. The molecule has 0 saturated carbocycles. The fourth-order valence-corrected chi connectivity index (χ4v) is 3.29. The van der Waals surface area contributed by atoms with E-state index in [1.165, 1.54) is 11.3 Å². The lowest BCUT2D eigenvalue weighted by molar-refractivity contribution is 0.0989. The molecule has 1 saturated heterocycles. The maximum atomic E-state index is 11.2. The summed E-state index contributed by atoms with van der Waals surface area (Å²) < 4.78 is 5.43. The third-order valence-corrected chi connectivity index (χ3v) is 4.09. The summed E-state index contributed by atoms with van der Waals surface area (Å²) >= 11 is 1.49. The van der Waals surface area contributed by atoms with E-state index in [0.29, 0.717) is 6.04 Å². The lowest BCUT2D eigenvalue weighted by atomic mass is 9.91. The second-order valence-electron chi connectivity index (χ2n) is 5.69. The predicted octanol–water partition coefficient (Wildman–Crippen LogP) is 2.48. The second kappa shape index (κ2) is 4.97. The molecule has 5 heteroatoms. The molecule has 0 N–H and O–H groups in total. The summed E-state index contributed by atoms with van der Waals surface area (Å²) in [6.45, 7) is 10.7. The van der Waals surface area contributed by atoms with E-state index in [9.17, 15) is 4.79 Å². The molecule has 0 aromatic carbocycles. The van der Waals surface area contributed by atoms with Crippen molar-refractivity contribution in [2.75, 3.05) is 24.7 Å². The number of carbonyl (C=O) groups is 1. The third kappa shape index (κ3) is 2.57. The number of aromatic nitrogens is 1. The van der Waals surface area contributed by atoms with Gasteiger partial charge in [0.2, 0.25) is 0 Å². The van der Waals surface area contributed by atoms with E-state index in [-0.39, 0.29) is 5.41 Å². The van der Waals surface area contributed by atoms with E-state index in [1.807, 2.05) is 0 Å². The zero-order valence-electron chi connectivity index (χ0n) is 11.4. The number of morpholine rings is 1. The van der Waals surface area contributed by atoms with E-state index in [0.717, 1.165) is 41.7 Å². The summed E-state index contributed by atoms with van der Waals surface area (Å²) in [5, 5.41) is 0.942. The SMILES string of the molecule is CC1COCCN1c1nc(C(C)(C)C)c(C=O)s1. The predicted molar refractivity (Wildman–Crippen MR) is 73.8 cm³/mol. The minimum atomic E-state index is -0.0967. The highest BCUT2D eigenvalue weighted by molar-refractivity contribution is 7.17. The Morgan fingerprint density at radius 2 is 2.22 bits per heavy atom. The molecule has 0 aliphatic carbocycles. The molecule has 100 valence electrons. The number of anilines is 1. The van der Waals surface area contributed by atoms with Crippen LogP contribution in [0.15, 0.2) is 0 Å². The fourth-order valence-electron chi connectivity index (χ4n) is 2.07. The number of carbonyl (C=O) groups excluding carboxylic acids is 1. The first-order valence-corrected chi connectivity index (χ1v) is 7.06. The van der Waals surface area contributed by atoms with Crippen molar-refractivity contribution < 1.29 is 9.53 Å². The van der Waals surface area contributed by atoms with Crippen molar-refractivity contribution in [1.82, 2.24) is 4.98 Å². The summed E-state index contributed by atoms with van der Waals surface area (Å²) in [6.07, 6.45) is 0.923. The van der Waals surface area contributed by atoms with Crippen molar-refractivity contribution in [3.05, 3.63) is 10.6 Å². The summed E-state index contributed by atoms with van der Waals surface area (Å²) in [7, 11) is 0. The van der Waals surface area contributed by atoms with Crippen LogP contribution in [0.4, 0.5) is 5.13 Å². The third-order valence-electron chi connectivity index (χ3n) is 3.07. The monoisotopic (exact) mass is 268 g/mol. The highest BCUT2D eigenvalue weighted by Gasteiger charge is 2.27. The van der Waals surface area contributed by atoms with Crippen LogP contribution in [-0.4, -0.2) is 37.1 Å². The quantitative estimate of drug-likeness (QED) is 0.773. The van der Waals surface area contributed by atoms with Crippen molar-refractivity contribution in [1.29, 1.82) is 0 Å². The normalized spacial score (nSPS) is 21.1. The highest BCUT2D eigenvalue weighted by Crippen LogP contribution is 2.33. The minimum Gasteiger partial charge on any atom is -0.377 e. The van der Waals surface area contributed by atoms with Crippen LogP contribution >= 0.6 is 11.3 Å². The van der Waals surface area contributed by atoms with Crippen molar-refractivity contribution in [2.45, 2.75) is 39.2 Å². The topological polar surface area (TPSA) is 42.4 Å². The average molecular weight is 268 g/mol. The molecule has 1 fully saturated rings. The van der Waals surface area contributed by atoms with Gasteiger partial charge >= 0.3 is 0 Å². The zero-order chi connectivity index (χ0) is 13.3. The van der Waals surface area contributed by atoms with Crippen LogP contribution in [0.1, 0.15) is 43.1 Å². The molecule has 1 aliphatic rings. The largest absolute Gasteiger partial charge is 0.377 e. The molecule has 2 rings (SSSR count). The summed E-state index contributed by atoms with van der Waals surface area (Å²) in [5.74, 6) is 0. The van der Waals surface area contributed by atoms with Gasteiger partial charge in [-0.2, -0.15) is 0 Å². The molecule has 0 spiro atoms. The Hall–Kier alpha value is -0.940. The number of nitrogens with zero attached hydrogens (tertiary/aromatic N) is 2. The molecule has 1 aliphatic heterocycles. The Kier molecular flexibility index (Phi) is 3.73. The van der Waals surface area contributed by atoms with E-state index < -0.39 is 0 Å². The smallest absolute Gasteiger partial charge is 0.186 e. The zero-order valence-corrected chi connectivity index (χ0v) is 12.2. The number of aldehydes is 1. The van der Waals surface area contributed by atoms with Crippen LogP contribution in [0.5, 0.6) is 0 Å². The van der Waals surface area contributed by atoms with Crippen LogP contribution in [0, 0.1) is 0 Å². The van der Waals surface area contributed by atoms with Crippen molar-refractivity contribution in [2.24, 2.45) is 0 Å². The first-order valence-electron chi connectivity index (χ1n) is 6.24. The highest BCUT2D eigenvalue weighted by atomic mass is 32.1. The van der Waals surface area contributed by atoms with E-state index in [1.54, 1.807) is 0 Å². The van der Waals surface area contributed by atoms with Gasteiger partial charge in [-0.3, -0.25) is 4.79 Å². The molecule has 1 unspecified atom stereocenters. The molecule has 1 atom stereocenters. The molecular formula is C13H20N2O2S. The molecule has 2 heterocycles. The van der Waals surface area contributed by atoms with Crippen LogP contribution in [0.3, 0.4) is 0 Å². The van der Waals surface area contributed by atoms with Gasteiger partial charge < -0.3 is 9.64 Å². The van der Waals surface area contributed by atoms with Gasteiger partial charge in [0.1, 0.15) is 0 Å². The van der Waals surface area contributed by atoms with Crippen molar-refractivity contribution >= 4 is 22.8 Å². The maximum Gasteiger partial charge on any atom is 0.186 e. The van der Waals surface area contributed by atoms with Crippen molar-refractivity contribution in [3.63, 3.8) is 0 Å². The number of ether oxygens (including phenoxy) is 1. The Balaban J connectivity index is 2.34. The van der Waals surface area contributed by atoms with Crippen LogP contribution < -0.4 is 4.90 Å². The van der Waals surface area contributed by atoms with Gasteiger partial charge in [0.25, 0.3) is 0 Å². The lowest BCUT2D eigenvalue weighted by Crippen LogP contribution is -2.43. The fraction of sp³-hybridized carbons (Fsp3) is 0.692. The molecule has 4 nitrogen and oxygen atoms in total. The molecule has 0 amide bonds. The molecule has 18 heavy (non-hydrogen) atoms. The Bertz CT molecular complexity index is 437. The van der Waals surface area contributed by atoms with Gasteiger partial charge in [0.15, 0.2) is 11.4 Å². The Morgan fingerprint density at radius 3 is 2.72 bits per heavy atom. The summed E-state index contributed by atoms with van der Waals surface area (Å²) in [5.41, 5.74) is 0.803. The molecule has 1 aromatic rings.